The molecule has 152 valence electrons. The molecule has 0 spiro atoms. The van der Waals surface area contributed by atoms with Crippen LogP contribution in [0, 0.1) is 0 Å². The number of hydrogen-bond donors (Lipinski definition) is 2. The minimum atomic E-state index is 0. The fourth-order valence-corrected chi connectivity index (χ4v) is 2.55. The van der Waals surface area contributed by atoms with Crippen LogP contribution in [0.1, 0.15) is 31.4 Å². The number of guanidine groups is 1. The number of aliphatic imine (C=N–C) groups is 1. The highest BCUT2D eigenvalue weighted by Gasteiger charge is 2.13. The summed E-state index contributed by atoms with van der Waals surface area (Å²) in [6, 6.07) is 9.80. The molecule has 2 aromatic rings. The normalized spacial score (nSPS) is 12.3. The lowest BCUT2D eigenvalue weighted by Gasteiger charge is -2.12. The number of aromatic nitrogens is 1. The van der Waals surface area contributed by atoms with Crippen LogP contribution in [0.3, 0.4) is 0 Å². The van der Waals surface area contributed by atoms with Crippen molar-refractivity contribution in [3.05, 3.63) is 47.7 Å². The summed E-state index contributed by atoms with van der Waals surface area (Å²) in [6.07, 6.45) is 2.77. The van der Waals surface area contributed by atoms with Crippen molar-refractivity contribution in [2.75, 3.05) is 19.9 Å². The molecule has 1 aliphatic heterocycles. The Labute approximate surface area is 182 Å². The molecular formula is C20H27IN4O3. The van der Waals surface area contributed by atoms with Gasteiger partial charge in [0, 0.05) is 25.4 Å². The predicted molar refractivity (Wildman–Crippen MR) is 120 cm³/mol. The van der Waals surface area contributed by atoms with Crippen molar-refractivity contribution >= 4 is 29.9 Å². The maximum absolute atomic E-state index is 5.50. The maximum atomic E-state index is 5.50. The van der Waals surface area contributed by atoms with Crippen LogP contribution in [0.2, 0.25) is 0 Å². The van der Waals surface area contributed by atoms with Gasteiger partial charge in [-0.15, -0.1) is 24.0 Å². The molecule has 0 unspecified atom stereocenters. The van der Waals surface area contributed by atoms with Crippen LogP contribution >= 0.6 is 24.0 Å². The summed E-state index contributed by atoms with van der Waals surface area (Å²) in [5.41, 5.74) is 2.13. The van der Waals surface area contributed by atoms with Crippen molar-refractivity contribution in [2.24, 2.45) is 4.99 Å². The van der Waals surface area contributed by atoms with E-state index in [1.165, 1.54) is 0 Å². The van der Waals surface area contributed by atoms with Gasteiger partial charge in [-0.25, -0.2) is 9.98 Å². The van der Waals surface area contributed by atoms with Crippen molar-refractivity contribution in [1.82, 2.24) is 15.6 Å². The van der Waals surface area contributed by atoms with Crippen LogP contribution in [0.5, 0.6) is 17.4 Å². The van der Waals surface area contributed by atoms with Crippen LogP contribution in [0.25, 0.3) is 0 Å². The van der Waals surface area contributed by atoms with Gasteiger partial charge in [0.2, 0.25) is 12.7 Å². The number of nitrogens with zero attached hydrogens (tertiary/aromatic N) is 2. The first-order valence-corrected chi connectivity index (χ1v) is 9.27. The van der Waals surface area contributed by atoms with Crippen molar-refractivity contribution in [3.8, 4) is 17.4 Å². The second kappa shape index (κ2) is 11.6. The summed E-state index contributed by atoms with van der Waals surface area (Å²) in [5.74, 6) is 2.98. The molecule has 8 heteroatoms. The summed E-state index contributed by atoms with van der Waals surface area (Å²) in [6.45, 7) is 7.05. The van der Waals surface area contributed by atoms with Gasteiger partial charge < -0.3 is 24.8 Å². The molecule has 1 aromatic heterocycles. The summed E-state index contributed by atoms with van der Waals surface area (Å²) in [5, 5.41) is 6.59. The highest BCUT2D eigenvalue weighted by Crippen LogP contribution is 2.32. The van der Waals surface area contributed by atoms with E-state index >= 15 is 0 Å². The lowest BCUT2D eigenvalue weighted by Crippen LogP contribution is -2.36. The molecule has 0 saturated heterocycles. The van der Waals surface area contributed by atoms with E-state index in [1.54, 1.807) is 6.20 Å². The Bertz CT molecular complexity index is 769. The second-order valence-electron chi connectivity index (χ2n) is 6.09. The minimum Gasteiger partial charge on any atom is -0.478 e. The van der Waals surface area contributed by atoms with Gasteiger partial charge in [-0.1, -0.05) is 19.1 Å². The van der Waals surface area contributed by atoms with Crippen LogP contribution in [0.15, 0.2) is 41.5 Å². The average Bonchev–Trinajstić information content (AvgIpc) is 3.17. The molecule has 0 aliphatic carbocycles. The molecular weight excluding hydrogens is 471 g/mol. The number of benzene rings is 1. The first-order chi connectivity index (χ1) is 13.3. The van der Waals surface area contributed by atoms with Crippen molar-refractivity contribution in [3.63, 3.8) is 0 Å². The van der Waals surface area contributed by atoms with Gasteiger partial charge in [-0.3, -0.25) is 0 Å². The van der Waals surface area contributed by atoms with Gasteiger partial charge in [0.25, 0.3) is 0 Å². The molecule has 0 amide bonds. The average molecular weight is 498 g/mol. The standard InChI is InChI=1S/C20H26N4O3.HI/c1-3-9-25-19-8-6-16(12-22-19)13-24-20(21-4-2)23-11-15-5-7-17-18(10-15)27-14-26-17;/h5-8,10,12H,3-4,9,11,13-14H2,1-2H3,(H2,21,23,24);1H. The Morgan fingerprint density at radius 3 is 2.68 bits per heavy atom. The lowest BCUT2D eigenvalue weighted by molar-refractivity contribution is 0.174. The quantitative estimate of drug-likeness (QED) is 0.330. The number of fused-ring (bicyclic) bond motifs is 1. The van der Waals surface area contributed by atoms with Crippen LogP contribution in [-0.2, 0) is 13.1 Å². The van der Waals surface area contributed by atoms with Gasteiger partial charge >= 0.3 is 0 Å². The Hall–Kier alpha value is -2.23. The van der Waals surface area contributed by atoms with Gasteiger partial charge in [0.15, 0.2) is 17.5 Å². The number of rotatable bonds is 8. The van der Waals surface area contributed by atoms with E-state index in [9.17, 15) is 0 Å². The highest BCUT2D eigenvalue weighted by molar-refractivity contribution is 14.0. The highest BCUT2D eigenvalue weighted by atomic mass is 127. The molecule has 0 fully saturated rings. The summed E-state index contributed by atoms with van der Waals surface area (Å²) >= 11 is 0. The molecule has 2 N–H and O–H groups in total. The van der Waals surface area contributed by atoms with Gasteiger partial charge in [-0.05, 0) is 36.6 Å². The fourth-order valence-electron chi connectivity index (χ4n) is 2.55. The zero-order valence-electron chi connectivity index (χ0n) is 16.2. The molecule has 7 nitrogen and oxygen atoms in total. The van der Waals surface area contributed by atoms with Crippen LogP contribution in [-0.4, -0.2) is 30.9 Å². The molecule has 1 aliphatic rings. The van der Waals surface area contributed by atoms with Crippen LogP contribution < -0.4 is 24.8 Å². The zero-order chi connectivity index (χ0) is 18.9. The lowest BCUT2D eigenvalue weighted by atomic mass is 10.2. The molecule has 1 aromatic carbocycles. The molecule has 28 heavy (non-hydrogen) atoms. The summed E-state index contributed by atoms with van der Waals surface area (Å²) in [4.78, 5) is 8.93. The first-order valence-electron chi connectivity index (χ1n) is 9.27. The number of halogens is 1. The Balaban J connectivity index is 0.00000280. The van der Waals surface area contributed by atoms with E-state index < -0.39 is 0 Å². The van der Waals surface area contributed by atoms with E-state index in [1.807, 2.05) is 37.3 Å². The molecule has 0 radical (unpaired) electrons. The number of ether oxygens (including phenoxy) is 3. The number of pyridine rings is 1. The van der Waals surface area contributed by atoms with Crippen molar-refractivity contribution in [1.29, 1.82) is 0 Å². The number of hydrogen-bond acceptors (Lipinski definition) is 5. The topological polar surface area (TPSA) is 77.0 Å². The molecule has 3 rings (SSSR count). The largest absolute Gasteiger partial charge is 0.478 e. The van der Waals surface area contributed by atoms with Crippen molar-refractivity contribution in [2.45, 2.75) is 33.4 Å². The molecule has 0 bridgehead atoms. The molecule has 0 saturated carbocycles. The summed E-state index contributed by atoms with van der Waals surface area (Å²) in [7, 11) is 0. The predicted octanol–water partition coefficient (Wildman–Crippen LogP) is 3.47. The smallest absolute Gasteiger partial charge is 0.231 e. The van der Waals surface area contributed by atoms with Gasteiger partial charge in [0.1, 0.15) is 0 Å². The van der Waals surface area contributed by atoms with Crippen LogP contribution in [0.4, 0.5) is 0 Å². The third kappa shape index (κ3) is 6.43. The third-order valence-electron chi connectivity index (χ3n) is 3.91. The molecule has 0 atom stereocenters. The second-order valence-corrected chi connectivity index (χ2v) is 6.09. The SMILES string of the molecule is CCCOc1ccc(CN=C(NCC)NCc2ccc3c(c2)OCO3)cn1.I. The van der Waals surface area contributed by atoms with E-state index in [2.05, 4.69) is 27.5 Å². The van der Waals surface area contributed by atoms with Crippen molar-refractivity contribution < 1.29 is 14.2 Å². The number of nitrogens with one attached hydrogen (secondary N) is 2. The minimum absolute atomic E-state index is 0. The van der Waals surface area contributed by atoms with E-state index in [-0.39, 0.29) is 30.8 Å². The summed E-state index contributed by atoms with van der Waals surface area (Å²) < 4.78 is 16.3. The van der Waals surface area contributed by atoms with Gasteiger partial charge in [0.05, 0.1) is 13.2 Å². The zero-order valence-corrected chi connectivity index (χ0v) is 18.6. The monoisotopic (exact) mass is 498 g/mol. The fraction of sp³-hybridized carbons (Fsp3) is 0.400. The third-order valence-corrected chi connectivity index (χ3v) is 3.91. The Kier molecular flexibility index (Phi) is 9.12. The Morgan fingerprint density at radius 2 is 1.93 bits per heavy atom. The van der Waals surface area contributed by atoms with Gasteiger partial charge in [-0.2, -0.15) is 0 Å². The maximum Gasteiger partial charge on any atom is 0.231 e. The van der Waals surface area contributed by atoms with E-state index in [0.29, 0.717) is 25.6 Å². The van der Waals surface area contributed by atoms with E-state index in [4.69, 9.17) is 14.2 Å². The molecule has 2 heterocycles. The Morgan fingerprint density at radius 1 is 1.11 bits per heavy atom. The first kappa shape index (κ1) is 22.1. The van der Waals surface area contributed by atoms with E-state index in [0.717, 1.165) is 41.6 Å².